The molecular formula is C16H31IN6O. The molecule has 1 rings (SSSR count). The standard InChI is InChI=1S/C16H30N6O.HI/c1-6-17-15(19-11-14(23)21-16(3,4)5)18-8-7-9-22-12-13(2)10-20-22;/h10,12H,6-9,11H2,1-5H3,(H,21,23)(H2,17,18,19);1H. The molecule has 0 radical (unpaired) electrons. The quantitative estimate of drug-likeness (QED) is 0.256. The summed E-state index contributed by atoms with van der Waals surface area (Å²) in [6.07, 6.45) is 4.81. The van der Waals surface area contributed by atoms with Crippen molar-refractivity contribution in [1.29, 1.82) is 0 Å². The predicted molar refractivity (Wildman–Crippen MR) is 109 cm³/mol. The van der Waals surface area contributed by atoms with E-state index >= 15 is 0 Å². The van der Waals surface area contributed by atoms with Crippen LogP contribution in [0.2, 0.25) is 0 Å². The zero-order valence-electron chi connectivity index (χ0n) is 15.3. The number of halogens is 1. The molecule has 1 amide bonds. The third-order valence-corrected chi connectivity index (χ3v) is 2.86. The average molecular weight is 450 g/mol. The van der Waals surface area contributed by atoms with Crippen molar-refractivity contribution in [2.24, 2.45) is 4.99 Å². The first kappa shape index (κ1) is 22.7. The van der Waals surface area contributed by atoms with Crippen LogP contribution in [0.25, 0.3) is 0 Å². The van der Waals surface area contributed by atoms with E-state index in [0.717, 1.165) is 31.6 Å². The molecule has 0 aliphatic rings. The molecule has 0 fully saturated rings. The van der Waals surface area contributed by atoms with Crippen molar-refractivity contribution in [3.8, 4) is 0 Å². The van der Waals surface area contributed by atoms with Crippen molar-refractivity contribution in [1.82, 2.24) is 25.7 Å². The van der Waals surface area contributed by atoms with Crippen molar-refractivity contribution in [2.45, 2.75) is 53.1 Å². The summed E-state index contributed by atoms with van der Waals surface area (Å²) in [5.41, 5.74) is 0.929. The van der Waals surface area contributed by atoms with Gasteiger partial charge >= 0.3 is 0 Å². The molecule has 3 N–H and O–H groups in total. The molecule has 0 saturated carbocycles. The first-order chi connectivity index (χ1) is 10.8. The SMILES string of the molecule is CCNC(=NCC(=O)NC(C)(C)C)NCCCn1cc(C)cn1.I. The summed E-state index contributed by atoms with van der Waals surface area (Å²) in [5, 5.41) is 13.5. The minimum absolute atomic E-state index is 0. The summed E-state index contributed by atoms with van der Waals surface area (Å²) in [6, 6.07) is 0. The maximum atomic E-state index is 11.8. The van der Waals surface area contributed by atoms with Gasteiger partial charge in [-0.05, 0) is 46.6 Å². The van der Waals surface area contributed by atoms with Gasteiger partial charge in [0.15, 0.2) is 5.96 Å². The summed E-state index contributed by atoms with van der Waals surface area (Å²) in [4.78, 5) is 16.1. The predicted octanol–water partition coefficient (Wildman–Crippen LogP) is 1.67. The first-order valence-electron chi connectivity index (χ1n) is 8.12. The van der Waals surface area contributed by atoms with Crippen LogP contribution in [0.3, 0.4) is 0 Å². The molecular weight excluding hydrogens is 419 g/mol. The Morgan fingerprint density at radius 1 is 1.33 bits per heavy atom. The number of nitrogens with zero attached hydrogens (tertiary/aromatic N) is 3. The van der Waals surface area contributed by atoms with Crippen molar-refractivity contribution < 1.29 is 4.79 Å². The Morgan fingerprint density at radius 2 is 2.04 bits per heavy atom. The van der Waals surface area contributed by atoms with Gasteiger partial charge in [0.05, 0.1) is 6.20 Å². The summed E-state index contributed by atoms with van der Waals surface area (Å²) in [7, 11) is 0. The van der Waals surface area contributed by atoms with Crippen LogP contribution in [-0.4, -0.2) is 46.8 Å². The monoisotopic (exact) mass is 450 g/mol. The van der Waals surface area contributed by atoms with Gasteiger partial charge in [0, 0.05) is 31.4 Å². The zero-order valence-corrected chi connectivity index (χ0v) is 17.7. The molecule has 24 heavy (non-hydrogen) atoms. The topological polar surface area (TPSA) is 83.3 Å². The molecule has 7 nitrogen and oxygen atoms in total. The minimum atomic E-state index is -0.236. The van der Waals surface area contributed by atoms with Gasteiger partial charge in [0.1, 0.15) is 6.54 Å². The average Bonchev–Trinajstić information content (AvgIpc) is 2.84. The fraction of sp³-hybridized carbons (Fsp3) is 0.688. The zero-order chi connectivity index (χ0) is 17.3. The van der Waals surface area contributed by atoms with Gasteiger partial charge < -0.3 is 16.0 Å². The van der Waals surface area contributed by atoms with Crippen molar-refractivity contribution in [3.63, 3.8) is 0 Å². The van der Waals surface area contributed by atoms with Crippen LogP contribution in [-0.2, 0) is 11.3 Å². The third-order valence-electron chi connectivity index (χ3n) is 2.86. The molecule has 8 heteroatoms. The normalized spacial score (nSPS) is 11.6. The van der Waals surface area contributed by atoms with E-state index in [-0.39, 0.29) is 42.0 Å². The Labute approximate surface area is 162 Å². The van der Waals surface area contributed by atoms with Crippen LogP contribution in [0.4, 0.5) is 0 Å². The molecule has 0 aliphatic carbocycles. The second-order valence-corrected chi connectivity index (χ2v) is 6.55. The van der Waals surface area contributed by atoms with Crippen LogP contribution in [0, 0.1) is 6.92 Å². The molecule has 0 atom stereocenters. The van der Waals surface area contributed by atoms with E-state index in [4.69, 9.17) is 0 Å². The number of aromatic nitrogens is 2. The van der Waals surface area contributed by atoms with Crippen LogP contribution in [0.1, 0.15) is 39.7 Å². The lowest BCUT2D eigenvalue weighted by Gasteiger charge is -2.20. The Bertz CT molecular complexity index is 521. The molecule has 1 aromatic rings. The van der Waals surface area contributed by atoms with Crippen LogP contribution in [0.5, 0.6) is 0 Å². The molecule has 1 aromatic heterocycles. The molecule has 0 saturated heterocycles. The Hall–Kier alpha value is -1.32. The number of aryl methyl sites for hydroxylation is 2. The Balaban J connectivity index is 0.00000529. The smallest absolute Gasteiger partial charge is 0.242 e. The second-order valence-electron chi connectivity index (χ2n) is 6.55. The van der Waals surface area contributed by atoms with Gasteiger partial charge in [-0.25, -0.2) is 4.99 Å². The highest BCUT2D eigenvalue weighted by Crippen LogP contribution is 1.98. The summed E-state index contributed by atoms with van der Waals surface area (Å²) in [6.45, 7) is 12.4. The molecule has 0 aliphatic heterocycles. The largest absolute Gasteiger partial charge is 0.357 e. The van der Waals surface area contributed by atoms with E-state index in [1.54, 1.807) is 0 Å². The Kier molecular flexibility index (Phi) is 10.7. The lowest BCUT2D eigenvalue weighted by atomic mass is 10.1. The van der Waals surface area contributed by atoms with Crippen LogP contribution in [0.15, 0.2) is 17.4 Å². The summed E-state index contributed by atoms with van der Waals surface area (Å²) < 4.78 is 1.93. The highest BCUT2D eigenvalue weighted by molar-refractivity contribution is 14.0. The molecule has 0 bridgehead atoms. The highest BCUT2D eigenvalue weighted by atomic mass is 127. The van der Waals surface area contributed by atoms with E-state index in [1.807, 2.05) is 51.7 Å². The van der Waals surface area contributed by atoms with E-state index in [0.29, 0.717) is 5.96 Å². The number of hydrogen-bond acceptors (Lipinski definition) is 3. The van der Waals surface area contributed by atoms with E-state index in [1.165, 1.54) is 0 Å². The summed E-state index contributed by atoms with van der Waals surface area (Å²) in [5.74, 6) is 0.579. The highest BCUT2D eigenvalue weighted by Gasteiger charge is 2.13. The lowest BCUT2D eigenvalue weighted by Crippen LogP contribution is -2.43. The van der Waals surface area contributed by atoms with E-state index < -0.39 is 0 Å². The molecule has 138 valence electrons. The number of guanidine groups is 1. The minimum Gasteiger partial charge on any atom is -0.357 e. The number of rotatable bonds is 7. The molecule has 1 heterocycles. The number of amides is 1. The second kappa shape index (κ2) is 11.3. The fourth-order valence-corrected chi connectivity index (χ4v) is 1.99. The lowest BCUT2D eigenvalue weighted by molar-refractivity contribution is -0.121. The van der Waals surface area contributed by atoms with Gasteiger partial charge in [-0.2, -0.15) is 5.10 Å². The number of carbonyl (C=O) groups excluding carboxylic acids is 1. The fourth-order valence-electron chi connectivity index (χ4n) is 1.99. The van der Waals surface area contributed by atoms with Crippen LogP contribution >= 0.6 is 24.0 Å². The van der Waals surface area contributed by atoms with Gasteiger partial charge in [-0.15, -0.1) is 24.0 Å². The van der Waals surface area contributed by atoms with E-state index in [9.17, 15) is 4.79 Å². The van der Waals surface area contributed by atoms with Crippen molar-refractivity contribution in [2.75, 3.05) is 19.6 Å². The summed E-state index contributed by atoms with van der Waals surface area (Å²) >= 11 is 0. The maximum absolute atomic E-state index is 11.8. The van der Waals surface area contributed by atoms with Gasteiger partial charge in [0.25, 0.3) is 0 Å². The number of carbonyl (C=O) groups is 1. The molecule has 0 aromatic carbocycles. The van der Waals surface area contributed by atoms with Gasteiger partial charge in [-0.1, -0.05) is 0 Å². The molecule has 0 spiro atoms. The van der Waals surface area contributed by atoms with Crippen molar-refractivity contribution >= 4 is 35.8 Å². The van der Waals surface area contributed by atoms with Crippen molar-refractivity contribution in [3.05, 3.63) is 18.0 Å². The van der Waals surface area contributed by atoms with Gasteiger partial charge in [-0.3, -0.25) is 9.48 Å². The Morgan fingerprint density at radius 3 is 2.58 bits per heavy atom. The third kappa shape index (κ3) is 10.5. The van der Waals surface area contributed by atoms with Gasteiger partial charge in [0.2, 0.25) is 5.91 Å². The molecule has 0 unspecified atom stereocenters. The number of hydrogen-bond donors (Lipinski definition) is 3. The number of aliphatic imine (C=N–C) groups is 1. The first-order valence-corrected chi connectivity index (χ1v) is 8.12. The number of nitrogens with one attached hydrogen (secondary N) is 3. The maximum Gasteiger partial charge on any atom is 0.242 e. The van der Waals surface area contributed by atoms with Crippen LogP contribution < -0.4 is 16.0 Å². The van der Waals surface area contributed by atoms with E-state index in [2.05, 4.69) is 26.0 Å².